The molecule has 0 fully saturated rings. The molecule has 0 saturated carbocycles. The quantitative estimate of drug-likeness (QED) is 0.599. The van der Waals surface area contributed by atoms with E-state index in [1.54, 1.807) is 10.7 Å². The first kappa shape index (κ1) is 16.4. The molecule has 7 heteroatoms. The number of para-hydroxylation sites is 1. The highest BCUT2D eigenvalue weighted by molar-refractivity contribution is 5.93. The summed E-state index contributed by atoms with van der Waals surface area (Å²) < 4.78 is 7.38. The Balaban J connectivity index is 1.37. The molecule has 1 aromatic carbocycles. The number of amides is 1. The molecule has 0 radical (unpaired) electrons. The van der Waals surface area contributed by atoms with E-state index in [0.717, 1.165) is 28.1 Å². The standard InChI is InChI=1S/C21H17N5O2/c1-13-16(6-4-10-22-13)15-8-9-19-23-21(25-26(19)12-15)24-20(27)18-11-14-5-2-3-7-17(14)28-18/h2-10,12,18H,11H2,1H3,(H,24,25,27)/t18-/m1/s1. The van der Waals surface area contributed by atoms with Crippen molar-refractivity contribution in [2.75, 3.05) is 5.32 Å². The van der Waals surface area contributed by atoms with Gasteiger partial charge in [-0.05, 0) is 36.8 Å². The Morgan fingerprint density at radius 2 is 2.07 bits per heavy atom. The third kappa shape index (κ3) is 2.87. The molecule has 4 heterocycles. The zero-order valence-electron chi connectivity index (χ0n) is 15.2. The van der Waals surface area contributed by atoms with Gasteiger partial charge in [0.2, 0.25) is 5.95 Å². The van der Waals surface area contributed by atoms with Crippen LogP contribution in [0.25, 0.3) is 16.8 Å². The summed E-state index contributed by atoms with van der Waals surface area (Å²) in [5, 5.41) is 7.15. The zero-order chi connectivity index (χ0) is 19.1. The number of pyridine rings is 2. The molecule has 0 bridgehead atoms. The maximum absolute atomic E-state index is 12.6. The van der Waals surface area contributed by atoms with Crippen LogP contribution in [0, 0.1) is 6.92 Å². The lowest BCUT2D eigenvalue weighted by Gasteiger charge is -2.08. The maximum atomic E-state index is 12.6. The second-order valence-electron chi connectivity index (χ2n) is 6.70. The van der Waals surface area contributed by atoms with E-state index in [2.05, 4.69) is 20.4 Å². The Hall–Kier alpha value is -3.74. The summed E-state index contributed by atoms with van der Waals surface area (Å²) in [6.07, 6.45) is 3.62. The molecule has 1 atom stereocenters. The number of nitrogens with one attached hydrogen (secondary N) is 1. The second kappa shape index (κ2) is 6.45. The molecule has 1 aliphatic heterocycles. The van der Waals surface area contributed by atoms with Crippen molar-refractivity contribution in [3.63, 3.8) is 0 Å². The molecule has 4 aromatic rings. The van der Waals surface area contributed by atoms with Crippen molar-refractivity contribution in [3.8, 4) is 16.9 Å². The van der Waals surface area contributed by atoms with Crippen molar-refractivity contribution in [1.82, 2.24) is 19.6 Å². The van der Waals surface area contributed by atoms with E-state index in [-0.39, 0.29) is 11.9 Å². The molecule has 1 amide bonds. The number of anilines is 1. The summed E-state index contributed by atoms with van der Waals surface area (Å²) in [6, 6.07) is 15.4. The number of rotatable bonds is 3. The first-order valence-electron chi connectivity index (χ1n) is 9.01. The van der Waals surface area contributed by atoms with Crippen LogP contribution in [0.3, 0.4) is 0 Å². The van der Waals surface area contributed by atoms with E-state index in [9.17, 15) is 4.79 Å². The molecule has 7 nitrogen and oxygen atoms in total. The number of ether oxygens (including phenoxy) is 1. The Morgan fingerprint density at radius 1 is 1.18 bits per heavy atom. The normalized spacial score (nSPS) is 15.2. The Bertz CT molecular complexity index is 1180. The molecule has 1 aliphatic rings. The first-order valence-corrected chi connectivity index (χ1v) is 9.01. The zero-order valence-corrected chi connectivity index (χ0v) is 15.2. The summed E-state index contributed by atoms with van der Waals surface area (Å²) in [7, 11) is 0. The summed E-state index contributed by atoms with van der Waals surface area (Å²) in [5.74, 6) is 0.752. The number of aryl methyl sites for hydroxylation is 1. The van der Waals surface area contributed by atoms with Gasteiger partial charge in [0.05, 0.1) is 0 Å². The largest absolute Gasteiger partial charge is 0.480 e. The average Bonchev–Trinajstić information content (AvgIpc) is 3.31. The fourth-order valence-electron chi connectivity index (χ4n) is 3.40. The molecule has 0 unspecified atom stereocenters. The number of benzene rings is 1. The van der Waals surface area contributed by atoms with Crippen molar-refractivity contribution in [1.29, 1.82) is 0 Å². The van der Waals surface area contributed by atoms with Crippen LogP contribution in [0.5, 0.6) is 5.75 Å². The first-order chi connectivity index (χ1) is 13.7. The highest BCUT2D eigenvalue weighted by Gasteiger charge is 2.29. The van der Waals surface area contributed by atoms with Gasteiger partial charge in [0.25, 0.3) is 5.91 Å². The van der Waals surface area contributed by atoms with Gasteiger partial charge in [-0.1, -0.05) is 24.3 Å². The van der Waals surface area contributed by atoms with Crippen LogP contribution in [-0.2, 0) is 11.2 Å². The van der Waals surface area contributed by atoms with Gasteiger partial charge in [-0.2, -0.15) is 4.98 Å². The number of hydrogen-bond donors (Lipinski definition) is 1. The Labute approximate surface area is 161 Å². The van der Waals surface area contributed by atoms with Crippen LogP contribution in [0.2, 0.25) is 0 Å². The topological polar surface area (TPSA) is 81.4 Å². The molecule has 28 heavy (non-hydrogen) atoms. The number of hydrogen-bond acceptors (Lipinski definition) is 5. The number of carbonyl (C=O) groups is 1. The van der Waals surface area contributed by atoms with Gasteiger partial charge < -0.3 is 4.74 Å². The predicted molar refractivity (Wildman–Crippen MR) is 104 cm³/mol. The van der Waals surface area contributed by atoms with Crippen LogP contribution in [0.4, 0.5) is 5.95 Å². The monoisotopic (exact) mass is 371 g/mol. The second-order valence-corrected chi connectivity index (χ2v) is 6.70. The van der Waals surface area contributed by atoms with Crippen molar-refractivity contribution < 1.29 is 9.53 Å². The third-order valence-electron chi connectivity index (χ3n) is 4.82. The average molecular weight is 371 g/mol. The number of fused-ring (bicyclic) bond motifs is 2. The lowest BCUT2D eigenvalue weighted by atomic mass is 10.1. The lowest BCUT2D eigenvalue weighted by Crippen LogP contribution is -2.31. The van der Waals surface area contributed by atoms with Gasteiger partial charge in [0, 0.05) is 35.6 Å². The molecule has 3 aromatic heterocycles. The Morgan fingerprint density at radius 3 is 2.93 bits per heavy atom. The SMILES string of the molecule is Cc1ncccc1-c1ccc2nc(NC(=O)[C@H]3Cc4ccccc4O3)nn2c1. The lowest BCUT2D eigenvalue weighted by molar-refractivity contribution is -0.122. The fraction of sp³-hybridized carbons (Fsp3) is 0.143. The van der Waals surface area contributed by atoms with Crippen LogP contribution >= 0.6 is 0 Å². The number of aromatic nitrogens is 4. The van der Waals surface area contributed by atoms with Gasteiger partial charge in [0.15, 0.2) is 11.8 Å². The Kier molecular flexibility index (Phi) is 3.79. The maximum Gasteiger partial charge on any atom is 0.268 e. The smallest absolute Gasteiger partial charge is 0.268 e. The summed E-state index contributed by atoms with van der Waals surface area (Å²) >= 11 is 0. The minimum Gasteiger partial charge on any atom is -0.480 e. The molecule has 0 aliphatic carbocycles. The van der Waals surface area contributed by atoms with E-state index >= 15 is 0 Å². The van der Waals surface area contributed by atoms with Gasteiger partial charge in [-0.15, -0.1) is 5.10 Å². The third-order valence-corrected chi connectivity index (χ3v) is 4.82. The van der Waals surface area contributed by atoms with E-state index < -0.39 is 6.10 Å². The van der Waals surface area contributed by atoms with E-state index in [1.165, 1.54) is 0 Å². The van der Waals surface area contributed by atoms with Crippen LogP contribution in [0.1, 0.15) is 11.3 Å². The molecule has 0 saturated heterocycles. The van der Waals surface area contributed by atoms with Gasteiger partial charge >= 0.3 is 0 Å². The highest BCUT2D eigenvalue weighted by atomic mass is 16.5. The van der Waals surface area contributed by atoms with E-state index in [4.69, 9.17) is 4.74 Å². The molecular formula is C21H17N5O2. The molecular weight excluding hydrogens is 354 g/mol. The summed E-state index contributed by atoms with van der Waals surface area (Å²) in [6.45, 7) is 1.96. The van der Waals surface area contributed by atoms with E-state index in [1.807, 2.05) is 61.7 Å². The summed E-state index contributed by atoms with van der Waals surface area (Å²) in [4.78, 5) is 21.3. The number of nitrogens with zero attached hydrogens (tertiary/aromatic N) is 4. The molecule has 0 spiro atoms. The molecule has 138 valence electrons. The van der Waals surface area contributed by atoms with Crippen molar-refractivity contribution in [2.45, 2.75) is 19.4 Å². The van der Waals surface area contributed by atoms with Gasteiger partial charge in [0.1, 0.15) is 5.75 Å². The summed E-state index contributed by atoms with van der Waals surface area (Å²) in [5.41, 5.74) is 4.63. The fourth-order valence-corrected chi connectivity index (χ4v) is 3.40. The highest BCUT2D eigenvalue weighted by Crippen LogP contribution is 2.28. The van der Waals surface area contributed by atoms with E-state index in [0.29, 0.717) is 12.1 Å². The molecule has 5 rings (SSSR count). The minimum atomic E-state index is -0.572. The molecule has 1 N–H and O–H groups in total. The van der Waals surface area contributed by atoms with Crippen LogP contribution < -0.4 is 10.1 Å². The van der Waals surface area contributed by atoms with Crippen molar-refractivity contribution >= 4 is 17.5 Å². The number of carbonyl (C=O) groups excluding carboxylic acids is 1. The predicted octanol–water partition coefficient (Wildman–Crippen LogP) is 3.04. The van der Waals surface area contributed by atoms with Crippen molar-refractivity contribution in [3.05, 3.63) is 72.2 Å². The minimum absolute atomic E-state index is 0.254. The van der Waals surface area contributed by atoms with Gasteiger partial charge in [-0.3, -0.25) is 15.1 Å². The van der Waals surface area contributed by atoms with Crippen LogP contribution in [0.15, 0.2) is 60.9 Å². The van der Waals surface area contributed by atoms with Crippen molar-refractivity contribution in [2.24, 2.45) is 0 Å². The van der Waals surface area contributed by atoms with Gasteiger partial charge in [-0.25, -0.2) is 4.52 Å². The van der Waals surface area contributed by atoms with Crippen LogP contribution in [-0.4, -0.2) is 31.6 Å².